The highest BCUT2D eigenvalue weighted by Crippen LogP contribution is 2.44. The summed E-state index contributed by atoms with van der Waals surface area (Å²) >= 11 is 0. The van der Waals surface area contributed by atoms with Crippen LogP contribution >= 0.6 is 0 Å². The van der Waals surface area contributed by atoms with Crippen molar-refractivity contribution in [3.8, 4) is 44.5 Å². The number of fused-ring (bicyclic) bond motifs is 2. The quantitative estimate of drug-likeness (QED) is 0.0981. The molecule has 0 heterocycles. The van der Waals surface area contributed by atoms with Gasteiger partial charge in [-0.1, -0.05) is 200 Å². The summed E-state index contributed by atoms with van der Waals surface area (Å²) in [5.74, 6) is 0. The van der Waals surface area contributed by atoms with Crippen molar-refractivity contribution in [2.45, 2.75) is 13.8 Å². The van der Waals surface area contributed by atoms with E-state index in [1.165, 1.54) is 71.6 Å². The number of rotatable bonds is 7. The normalized spacial score (nSPS) is 11.0. The number of aryl methyl sites for hydroxylation is 1. The Morgan fingerprint density at radius 2 is 0.855 bits per heavy atom. The van der Waals surface area contributed by atoms with Crippen LogP contribution in [-0.2, 0) is 0 Å². The minimum absolute atomic E-state index is 0.776. The van der Waals surface area contributed by atoms with Gasteiger partial charge in [0, 0.05) is 18.4 Å². The van der Waals surface area contributed by atoms with E-state index in [-0.39, 0.29) is 0 Å². The van der Waals surface area contributed by atoms with Crippen LogP contribution in [0.4, 0.5) is 5.69 Å². The van der Waals surface area contributed by atoms with Crippen molar-refractivity contribution in [1.82, 2.24) is 5.32 Å². The van der Waals surface area contributed by atoms with Crippen LogP contribution in [0, 0.1) is 6.92 Å². The predicted octanol–water partition coefficient (Wildman–Crippen LogP) is 14.1. The highest BCUT2D eigenvalue weighted by Gasteiger charge is 2.16. The Kier molecular flexibility index (Phi) is 12.9. The van der Waals surface area contributed by atoms with Gasteiger partial charge < -0.3 is 11.1 Å². The summed E-state index contributed by atoms with van der Waals surface area (Å²) in [6, 6.07) is 64.3. The van der Waals surface area contributed by atoms with Gasteiger partial charge >= 0.3 is 0 Å². The van der Waals surface area contributed by atoms with Gasteiger partial charge in [0.2, 0.25) is 0 Å². The Bertz CT molecular complexity index is 2470. The summed E-state index contributed by atoms with van der Waals surface area (Å²) in [4.78, 5) is 0. The number of hydrogen-bond acceptors (Lipinski definition) is 2. The molecule has 0 aliphatic carbocycles. The van der Waals surface area contributed by atoms with Gasteiger partial charge in [0.25, 0.3) is 0 Å². The molecule has 0 unspecified atom stereocenters. The maximum Gasteiger partial charge on any atom is 0.0314 e. The van der Waals surface area contributed by atoms with Crippen LogP contribution in [0.2, 0.25) is 0 Å². The molecule has 0 aliphatic heterocycles. The van der Waals surface area contributed by atoms with Crippen LogP contribution in [0.1, 0.15) is 12.5 Å². The standard InChI is InChI=1S/C38H27N.C8H13N.C7H8/c39-30-24-22-29(23-25-30)38-35-16-8-6-14-33(35)37(34-15-7-9-17-36(34)38)28-20-18-27(19-21-28)32-13-5-4-12-31(32)26-10-2-1-3-11-26;1-4-5-6-7-8(2)9-3;1-7-5-3-2-4-6-7/h1-25H,39H2;4-7,9H,1H2,2-3H3;2-6H,1H3/b;6-5-,8-7+;. The molecule has 8 aromatic carbocycles. The van der Waals surface area contributed by atoms with Gasteiger partial charge in [-0.05, 0) is 98.1 Å². The molecule has 0 fully saturated rings. The first-order valence-electron chi connectivity index (χ1n) is 18.7. The van der Waals surface area contributed by atoms with E-state index in [0.29, 0.717) is 0 Å². The van der Waals surface area contributed by atoms with Gasteiger partial charge in [-0.2, -0.15) is 0 Å². The van der Waals surface area contributed by atoms with E-state index >= 15 is 0 Å². The molecule has 0 atom stereocenters. The van der Waals surface area contributed by atoms with E-state index < -0.39 is 0 Å². The molecule has 0 bridgehead atoms. The van der Waals surface area contributed by atoms with Crippen molar-refractivity contribution in [2.24, 2.45) is 0 Å². The molecule has 0 spiro atoms. The molecule has 3 N–H and O–H groups in total. The van der Waals surface area contributed by atoms with E-state index in [1.807, 2.05) is 62.5 Å². The molecule has 8 rings (SSSR count). The first kappa shape index (κ1) is 37.8. The molecule has 0 aliphatic rings. The minimum Gasteiger partial charge on any atom is -0.399 e. The predicted molar refractivity (Wildman–Crippen MR) is 241 cm³/mol. The molecular formula is C53H48N2. The minimum atomic E-state index is 0.776. The van der Waals surface area contributed by atoms with E-state index in [1.54, 1.807) is 6.08 Å². The van der Waals surface area contributed by atoms with Gasteiger partial charge in [0.15, 0.2) is 0 Å². The van der Waals surface area contributed by atoms with E-state index in [0.717, 1.165) is 11.4 Å². The summed E-state index contributed by atoms with van der Waals surface area (Å²) < 4.78 is 0. The molecule has 0 radical (unpaired) electrons. The van der Waals surface area contributed by atoms with E-state index in [9.17, 15) is 0 Å². The Hall–Kier alpha value is -6.90. The molecule has 0 amide bonds. The van der Waals surface area contributed by atoms with Gasteiger partial charge in [0.05, 0.1) is 0 Å². The highest BCUT2D eigenvalue weighted by atomic mass is 14.8. The van der Waals surface area contributed by atoms with Gasteiger partial charge in [-0.25, -0.2) is 0 Å². The van der Waals surface area contributed by atoms with Crippen LogP contribution in [0.5, 0.6) is 0 Å². The molecular weight excluding hydrogens is 665 g/mol. The van der Waals surface area contributed by atoms with Crippen molar-refractivity contribution in [2.75, 3.05) is 12.8 Å². The van der Waals surface area contributed by atoms with Crippen molar-refractivity contribution in [3.63, 3.8) is 0 Å². The Balaban J connectivity index is 0.000000268. The third-order valence-corrected chi connectivity index (χ3v) is 9.56. The molecule has 0 aromatic heterocycles. The lowest BCUT2D eigenvalue weighted by Crippen LogP contribution is -2.00. The van der Waals surface area contributed by atoms with Crippen molar-refractivity contribution in [3.05, 3.63) is 224 Å². The first-order valence-corrected chi connectivity index (χ1v) is 18.7. The number of hydrogen-bond donors (Lipinski definition) is 2. The van der Waals surface area contributed by atoms with Crippen molar-refractivity contribution in [1.29, 1.82) is 0 Å². The SMILES string of the molecule is C=C/C=C\C=C(/C)NC.Cc1ccccc1.Nc1ccc(-c2c3ccccc3c(-c3ccc(-c4ccccc4-c4ccccc4)cc3)c3ccccc23)cc1. The second-order valence-corrected chi connectivity index (χ2v) is 13.3. The second kappa shape index (κ2) is 18.7. The summed E-state index contributed by atoms with van der Waals surface area (Å²) in [5, 5.41) is 7.99. The monoisotopic (exact) mass is 712 g/mol. The zero-order valence-corrected chi connectivity index (χ0v) is 31.9. The number of anilines is 1. The number of benzene rings is 8. The summed E-state index contributed by atoms with van der Waals surface area (Å²) in [5.41, 5.74) is 19.1. The Labute approximate surface area is 326 Å². The van der Waals surface area contributed by atoms with E-state index in [4.69, 9.17) is 5.73 Å². The summed E-state index contributed by atoms with van der Waals surface area (Å²) in [7, 11) is 1.90. The average molecular weight is 713 g/mol. The fraction of sp³-hybridized carbons (Fsp3) is 0.0566. The molecule has 0 saturated carbocycles. The van der Waals surface area contributed by atoms with Crippen LogP contribution in [0.25, 0.3) is 66.1 Å². The fourth-order valence-electron chi connectivity index (χ4n) is 6.72. The second-order valence-electron chi connectivity index (χ2n) is 13.3. The third kappa shape index (κ3) is 9.37. The Morgan fingerprint density at radius 3 is 1.27 bits per heavy atom. The zero-order valence-electron chi connectivity index (χ0n) is 31.9. The van der Waals surface area contributed by atoms with Crippen LogP contribution in [-0.4, -0.2) is 7.05 Å². The molecule has 2 nitrogen and oxygen atoms in total. The van der Waals surface area contributed by atoms with Crippen LogP contribution < -0.4 is 11.1 Å². The smallest absolute Gasteiger partial charge is 0.0314 e. The number of nitrogens with one attached hydrogen (secondary N) is 1. The maximum atomic E-state index is 6.03. The maximum absolute atomic E-state index is 6.03. The third-order valence-electron chi connectivity index (χ3n) is 9.56. The molecule has 8 aromatic rings. The lowest BCUT2D eigenvalue weighted by molar-refractivity contribution is 0.990. The fourth-order valence-corrected chi connectivity index (χ4v) is 6.72. The topological polar surface area (TPSA) is 38.0 Å². The van der Waals surface area contributed by atoms with E-state index in [2.05, 4.69) is 170 Å². The summed E-state index contributed by atoms with van der Waals surface area (Å²) in [6.45, 7) is 7.64. The molecule has 2 heteroatoms. The first-order chi connectivity index (χ1) is 27.0. The lowest BCUT2D eigenvalue weighted by Gasteiger charge is -2.18. The van der Waals surface area contributed by atoms with Gasteiger partial charge in [-0.3, -0.25) is 0 Å². The number of allylic oxidation sites excluding steroid dienone is 5. The largest absolute Gasteiger partial charge is 0.399 e. The van der Waals surface area contributed by atoms with Gasteiger partial charge in [0.1, 0.15) is 0 Å². The van der Waals surface area contributed by atoms with Crippen LogP contribution in [0.3, 0.4) is 0 Å². The van der Waals surface area contributed by atoms with Crippen molar-refractivity contribution >= 4 is 27.2 Å². The highest BCUT2D eigenvalue weighted by molar-refractivity contribution is 6.21. The average Bonchev–Trinajstić information content (AvgIpc) is 3.24. The zero-order chi connectivity index (χ0) is 38.4. The molecule has 270 valence electrons. The number of nitrogens with two attached hydrogens (primary N) is 1. The molecule has 0 saturated heterocycles. The lowest BCUT2D eigenvalue weighted by atomic mass is 9.85. The number of nitrogen functional groups attached to an aromatic ring is 1. The van der Waals surface area contributed by atoms with Gasteiger partial charge in [-0.15, -0.1) is 0 Å². The summed E-state index contributed by atoms with van der Waals surface area (Å²) in [6.07, 6.45) is 7.57. The molecule has 55 heavy (non-hydrogen) atoms. The van der Waals surface area contributed by atoms with Crippen molar-refractivity contribution < 1.29 is 0 Å². The Morgan fingerprint density at radius 1 is 0.473 bits per heavy atom. The van der Waals surface area contributed by atoms with Crippen LogP contribution in [0.15, 0.2) is 219 Å².